The molecule has 1 aromatic heterocycles. The third-order valence-electron chi connectivity index (χ3n) is 2.39. The Morgan fingerprint density at radius 3 is 2.88 bits per heavy atom. The van der Waals surface area contributed by atoms with Gasteiger partial charge in [-0.25, -0.2) is 0 Å². The number of benzene rings is 1. The van der Waals surface area contributed by atoms with Gasteiger partial charge in [0.05, 0.1) is 0 Å². The third-order valence-corrected chi connectivity index (χ3v) is 5.31. The van der Waals surface area contributed by atoms with Crippen LogP contribution in [0.5, 0.6) is 0 Å². The topological polar surface area (TPSA) is 26.0 Å². The fourth-order valence-corrected chi connectivity index (χ4v) is 3.94. The van der Waals surface area contributed by atoms with Crippen LogP contribution >= 0.6 is 39.0 Å². The summed E-state index contributed by atoms with van der Waals surface area (Å²) in [7, 11) is 0. The molecule has 1 heterocycles. The second-order valence-corrected chi connectivity index (χ2v) is 6.84. The molecule has 0 aliphatic rings. The van der Waals surface area contributed by atoms with Crippen molar-refractivity contribution < 1.29 is 0 Å². The van der Waals surface area contributed by atoms with E-state index in [0.29, 0.717) is 0 Å². The highest BCUT2D eigenvalue weighted by molar-refractivity contribution is 9.10. The van der Waals surface area contributed by atoms with Gasteiger partial charge in [0, 0.05) is 31.4 Å². The lowest BCUT2D eigenvalue weighted by Crippen LogP contribution is -2.04. The van der Waals surface area contributed by atoms with Gasteiger partial charge in [0.2, 0.25) is 0 Å². The molecule has 0 fully saturated rings. The maximum atomic E-state index is 5.88. The van der Waals surface area contributed by atoms with Crippen LogP contribution in [0.15, 0.2) is 45.1 Å². The van der Waals surface area contributed by atoms with Crippen LogP contribution in [0.4, 0.5) is 0 Å². The number of hydrogen-bond donors (Lipinski definition) is 1. The van der Waals surface area contributed by atoms with E-state index in [0.717, 1.165) is 5.75 Å². The molecule has 0 spiro atoms. The van der Waals surface area contributed by atoms with Gasteiger partial charge in [-0.2, -0.15) is 0 Å². The minimum absolute atomic E-state index is 0.103. The van der Waals surface area contributed by atoms with Crippen molar-refractivity contribution in [1.82, 2.24) is 0 Å². The molecule has 0 saturated carbocycles. The first-order valence-corrected chi connectivity index (χ1v) is 8.02. The molecule has 2 rings (SSSR count). The van der Waals surface area contributed by atoms with Crippen LogP contribution in [0.1, 0.15) is 23.4 Å². The minimum atomic E-state index is 0.103. The number of thiophene rings is 1. The van der Waals surface area contributed by atoms with Crippen LogP contribution < -0.4 is 5.73 Å². The number of hydrogen-bond acceptors (Lipinski definition) is 3. The molecule has 0 amide bonds. The lowest BCUT2D eigenvalue weighted by molar-refractivity contribution is 0.815. The maximum Gasteiger partial charge on any atom is 0.0326 e. The van der Waals surface area contributed by atoms with E-state index in [4.69, 9.17) is 5.73 Å². The second kappa shape index (κ2) is 6.05. The normalized spacial score (nSPS) is 12.6. The van der Waals surface area contributed by atoms with E-state index >= 15 is 0 Å². The Bertz CT molecular complexity index is 494. The molecule has 0 radical (unpaired) electrons. The maximum absolute atomic E-state index is 5.88. The fraction of sp³-hybridized carbons (Fsp3) is 0.231. The average molecular weight is 328 g/mol. The summed E-state index contributed by atoms with van der Waals surface area (Å²) in [5, 5.41) is 2.12. The summed E-state index contributed by atoms with van der Waals surface area (Å²) in [4.78, 5) is 2.66. The highest BCUT2D eigenvalue weighted by Crippen LogP contribution is 2.29. The van der Waals surface area contributed by atoms with Crippen LogP contribution in [0.25, 0.3) is 0 Å². The summed E-state index contributed by atoms with van der Waals surface area (Å²) in [5.41, 5.74) is 7.08. The molecule has 0 aliphatic carbocycles. The van der Waals surface area contributed by atoms with E-state index in [2.05, 4.69) is 51.6 Å². The Balaban J connectivity index is 2.01. The van der Waals surface area contributed by atoms with E-state index in [-0.39, 0.29) is 6.04 Å². The predicted molar refractivity (Wildman–Crippen MR) is 80.6 cm³/mol. The molecule has 4 heteroatoms. The zero-order valence-electron chi connectivity index (χ0n) is 9.52. The summed E-state index contributed by atoms with van der Waals surface area (Å²) >= 11 is 7.11. The Hall–Kier alpha value is -0.290. The first-order valence-electron chi connectivity index (χ1n) is 5.36. The van der Waals surface area contributed by atoms with Crippen molar-refractivity contribution in [3.05, 3.63) is 50.6 Å². The van der Waals surface area contributed by atoms with Crippen molar-refractivity contribution >= 4 is 39.0 Å². The summed E-state index contributed by atoms with van der Waals surface area (Å²) in [6, 6.07) is 10.7. The molecule has 0 bridgehead atoms. The van der Waals surface area contributed by atoms with Crippen molar-refractivity contribution in [3.63, 3.8) is 0 Å². The van der Waals surface area contributed by atoms with Gasteiger partial charge in [-0.15, -0.1) is 23.1 Å². The zero-order valence-corrected chi connectivity index (χ0v) is 12.7. The Morgan fingerprint density at radius 1 is 1.41 bits per heavy atom. The zero-order chi connectivity index (χ0) is 12.3. The minimum Gasteiger partial charge on any atom is -0.324 e. The average Bonchev–Trinajstić information content (AvgIpc) is 2.73. The van der Waals surface area contributed by atoms with E-state index in [1.807, 2.05) is 18.7 Å². The molecule has 0 aliphatic heterocycles. The van der Waals surface area contributed by atoms with Gasteiger partial charge in [-0.3, -0.25) is 0 Å². The first-order chi connectivity index (χ1) is 8.15. The Labute approximate surface area is 119 Å². The molecule has 1 atom stereocenters. The van der Waals surface area contributed by atoms with Crippen molar-refractivity contribution in [3.8, 4) is 0 Å². The highest BCUT2D eigenvalue weighted by Gasteiger charge is 2.02. The van der Waals surface area contributed by atoms with E-state index < -0.39 is 0 Å². The summed E-state index contributed by atoms with van der Waals surface area (Å²) in [5.74, 6) is 1.01. The van der Waals surface area contributed by atoms with Crippen LogP contribution in [0.2, 0.25) is 0 Å². The van der Waals surface area contributed by atoms with Crippen molar-refractivity contribution in [2.45, 2.75) is 23.6 Å². The molecule has 90 valence electrons. The Kier molecular flexibility index (Phi) is 4.68. The smallest absolute Gasteiger partial charge is 0.0326 e. The quantitative estimate of drug-likeness (QED) is 0.814. The fourth-order valence-electron chi connectivity index (χ4n) is 1.47. The second-order valence-electron chi connectivity index (χ2n) is 3.88. The van der Waals surface area contributed by atoms with Crippen LogP contribution in [-0.4, -0.2) is 0 Å². The van der Waals surface area contributed by atoms with Gasteiger partial charge >= 0.3 is 0 Å². The van der Waals surface area contributed by atoms with Crippen LogP contribution in [0.3, 0.4) is 0 Å². The van der Waals surface area contributed by atoms with Gasteiger partial charge in [0.15, 0.2) is 0 Å². The van der Waals surface area contributed by atoms with Gasteiger partial charge in [0.25, 0.3) is 0 Å². The van der Waals surface area contributed by atoms with Crippen molar-refractivity contribution in [2.75, 3.05) is 0 Å². The molecule has 0 saturated heterocycles. The Morgan fingerprint density at radius 2 is 2.24 bits per heavy atom. The van der Waals surface area contributed by atoms with Crippen molar-refractivity contribution in [2.24, 2.45) is 5.73 Å². The molecular formula is C13H14BrNS2. The van der Waals surface area contributed by atoms with Gasteiger partial charge in [-0.05, 0) is 46.6 Å². The lowest BCUT2D eigenvalue weighted by Gasteiger charge is -2.07. The molecule has 1 aromatic carbocycles. The molecule has 2 N–H and O–H groups in total. The van der Waals surface area contributed by atoms with Crippen LogP contribution in [0, 0.1) is 0 Å². The first kappa shape index (κ1) is 13.1. The van der Waals surface area contributed by atoms with E-state index in [9.17, 15) is 0 Å². The molecule has 17 heavy (non-hydrogen) atoms. The van der Waals surface area contributed by atoms with Crippen molar-refractivity contribution in [1.29, 1.82) is 0 Å². The standard InChI is InChI=1S/C13H14BrNS2/c1-9(15)10-3-2-4-12(5-10)17-8-13-6-11(14)7-16-13/h2-7,9H,8,15H2,1H3. The largest absolute Gasteiger partial charge is 0.324 e. The van der Waals surface area contributed by atoms with E-state index in [1.54, 1.807) is 11.3 Å². The molecule has 2 aromatic rings. The highest BCUT2D eigenvalue weighted by atomic mass is 79.9. The molecule has 1 unspecified atom stereocenters. The predicted octanol–water partition coefficient (Wildman–Crippen LogP) is 4.82. The third kappa shape index (κ3) is 3.85. The van der Waals surface area contributed by atoms with Gasteiger partial charge in [0.1, 0.15) is 0 Å². The lowest BCUT2D eigenvalue weighted by atomic mass is 10.1. The number of thioether (sulfide) groups is 1. The molecular weight excluding hydrogens is 314 g/mol. The monoisotopic (exact) mass is 327 g/mol. The van der Waals surface area contributed by atoms with Crippen LogP contribution in [-0.2, 0) is 5.75 Å². The van der Waals surface area contributed by atoms with Gasteiger partial charge in [-0.1, -0.05) is 12.1 Å². The summed E-state index contributed by atoms with van der Waals surface area (Å²) in [6.07, 6.45) is 0. The summed E-state index contributed by atoms with van der Waals surface area (Å²) < 4.78 is 1.17. The number of nitrogens with two attached hydrogens (primary N) is 1. The number of rotatable bonds is 4. The summed E-state index contributed by atoms with van der Waals surface area (Å²) in [6.45, 7) is 2.01. The molecule has 1 nitrogen and oxygen atoms in total. The van der Waals surface area contributed by atoms with E-state index in [1.165, 1.54) is 19.8 Å². The number of halogens is 1. The SMILES string of the molecule is CC(N)c1cccc(SCc2cc(Br)cs2)c1. The van der Waals surface area contributed by atoms with Gasteiger partial charge < -0.3 is 5.73 Å².